The second kappa shape index (κ2) is 11.1. The van der Waals surface area contributed by atoms with Crippen LogP contribution in [0.5, 0.6) is 11.5 Å². The smallest absolute Gasteiger partial charge is 0.347 e. The minimum atomic E-state index is -0.818. The van der Waals surface area contributed by atoms with Crippen LogP contribution in [-0.4, -0.2) is 41.7 Å². The maximum absolute atomic E-state index is 13.0. The number of hydrogen-bond donors (Lipinski definition) is 0. The third kappa shape index (κ3) is 5.53. The Bertz CT molecular complexity index is 1320. The fourth-order valence-electron chi connectivity index (χ4n) is 3.36. The Morgan fingerprint density at radius 1 is 1.32 bits per heavy atom. The number of aryl methyl sites for hydroxylation is 1. The summed E-state index contributed by atoms with van der Waals surface area (Å²) < 4.78 is 18.5. The average Bonchev–Trinajstić information content (AvgIpc) is 2.81. The van der Waals surface area contributed by atoms with Gasteiger partial charge in [0.2, 0.25) is 0 Å². The van der Waals surface area contributed by atoms with Crippen LogP contribution in [0.2, 0.25) is 0 Å². The van der Waals surface area contributed by atoms with Gasteiger partial charge in [0, 0.05) is 10.0 Å². The molecule has 0 spiro atoms. The van der Waals surface area contributed by atoms with E-state index in [1.54, 1.807) is 51.3 Å². The molecule has 2 aromatic carbocycles. The van der Waals surface area contributed by atoms with E-state index < -0.39 is 12.1 Å². The van der Waals surface area contributed by atoms with Gasteiger partial charge in [-0.2, -0.15) is 9.78 Å². The second-order valence-corrected chi connectivity index (χ2v) is 8.31. The Hall–Kier alpha value is -3.46. The maximum atomic E-state index is 13.0. The lowest BCUT2D eigenvalue weighted by Gasteiger charge is -2.19. The SMILES string of the molecule is C=CCc1cc(C=Nn2c(C)nc3ccc(Br)cc3c2=O)cc(OC)c1O[C@@H](C)C(=O)OCC. The first-order valence-corrected chi connectivity index (χ1v) is 11.5. The summed E-state index contributed by atoms with van der Waals surface area (Å²) in [5.74, 6) is 0.829. The zero-order chi connectivity index (χ0) is 24.8. The monoisotopic (exact) mass is 527 g/mol. The fraction of sp³-hybridized carbons (Fsp3) is 0.280. The number of allylic oxidation sites excluding steroid dienone is 1. The second-order valence-electron chi connectivity index (χ2n) is 7.40. The lowest BCUT2D eigenvalue weighted by Crippen LogP contribution is -2.26. The number of carbonyl (C=O) groups excluding carboxylic acids is 1. The van der Waals surface area contributed by atoms with E-state index in [1.165, 1.54) is 11.8 Å². The number of halogens is 1. The molecule has 0 saturated carbocycles. The molecule has 1 atom stereocenters. The van der Waals surface area contributed by atoms with E-state index in [-0.39, 0.29) is 12.2 Å². The predicted octanol–water partition coefficient (Wildman–Crippen LogP) is 4.42. The molecule has 0 aliphatic rings. The molecule has 0 amide bonds. The summed E-state index contributed by atoms with van der Waals surface area (Å²) in [5.41, 5.74) is 1.74. The van der Waals surface area contributed by atoms with Crippen LogP contribution in [0.25, 0.3) is 10.9 Å². The van der Waals surface area contributed by atoms with Crippen molar-refractivity contribution in [2.45, 2.75) is 33.3 Å². The number of nitrogens with zero attached hydrogens (tertiary/aromatic N) is 3. The van der Waals surface area contributed by atoms with E-state index in [4.69, 9.17) is 14.2 Å². The third-order valence-corrected chi connectivity index (χ3v) is 5.44. The normalized spacial score (nSPS) is 12.0. The molecular weight excluding hydrogens is 502 g/mol. The van der Waals surface area contributed by atoms with Crippen molar-refractivity contribution in [1.29, 1.82) is 0 Å². The van der Waals surface area contributed by atoms with Crippen molar-refractivity contribution >= 4 is 39.0 Å². The molecule has 0 unspecified atom stereocenters. The van der Waals surface area contributed by atoms with Crippen molar-refractivity contribution in [3.8, 4) is 11.5 Å². The largest absolute Gasteiger partial charge is 0.493 e. The van der Waals surface area contributed by atoms with Gasteiger partial charge in [0.25, 0.3) is 5.56 Å². The van der Waals surface area contributed by atoms with Crippen LogP contribution in [0.3, 0.4) is 0 Å². The molecule has 0 aliphatic carbocycles. The zero-order valence-electron chi connectivity index (χ0n) is 19.5. The van der Waals surface area contributed by atoms with Gasteiger partial charge in [0.15, 0.2) is 17.6 Å². The molecule has 8 nitrogen and oxygen atoms in total. The maximum Gasteiger partial charge on any atom is 0.347 e. The summed E-state index contributed by atoms with van der Waals surface area (Å²) in [7, 11) is 1.51. The number of methoxy groups -OCH3 is 1. The molecule has 0 fully saturated rings. The molecule has 3 aromatic rings. The number of rotatable bonds is 9. The Labute approximate surface area is 206 Å². The van der Waals surface area contributed by atoms with E-state index in [9.17, 15) is 9.59 Å². The van der Waals surface area contributed by atoms with Crippen molar-refractivity contribution in [2.24, 2.45) is 5.10 Å². The first kappa shape index (κ1) is 25.2. The van der Waals surface area contributed by atoms with Gasteiger partial charge in [-0.05, 0) is 63.1 Å². The minimum absolute atomic E-state index is 0.262. The molecule has 3 rings (SSSR count). The van der Waals surface area contributed by atoms with Crippen LogP contribution in [0.15, 0.2) is 57.4 Å². The van der Waals surface area contributed by atoms with Crippen molar-refractivity contribution in [3.63, 3.8) is 0 Å². The van der Waals surface area contributed by atoms with Crippen LogP contribution < -0.4 is 15.0 Å². The number of ether oxygens (including phenoxy) is 3. The Balaban J connectivity index is 2.02. The van der Waals surface area contributed by atoms with E-state index in [1.807, 2.05) is 12.1 Å². The zero-order valence-corrected chi connectivity index (χ0v) is 21.1. The third-order valence-electron chi connectivity index (χ3n) is 4.94. The molecule has 178 valence electrons. The molecule has 0 radical (unpaired) electrons. The van der Waals surface area contributed by atoms with Crippen LogP contribution >= 0.6 is 15.9 Å². The molecule has 0 N–H and O–H groups in total. The molecule has 34 heavy (non-hydrogen) atoms. The first-order valence-electron chi connectivity index (χ1n) is 10.7. The van der Waals surface area contributed by atoms with Crippen LogP contribution in [0.4, 0.5) is 0 Å². The van der Waals surface area contributed by atoms with Gasteiger partial charge in [-0.1, -0.05) is 22.0 Å². The molecule has 1 heterocycles. The summed E-state index contributed by atoms with van der Waals surface area (Å²) in [5, 5.41) is 4.84. The highest BCUT2D eigenvalue weighted by Crippen LogP contribution is 2.34. The Kier molecular flexibility index (Phi) is 8.22. The lowest BCUT2D eigenvalue weighted by atomic mass is 10.1. The number of benzene rings is 2. The van der Waals surface area contributed by atoms with E-state index in [0.717, 1.165) is 10.0 Å². The van der Waals surface area contributed by atoms with E-state index in [0.29, 0.717) is 40.2 Å². The minimum Gasteiger partial charge on any atom is -0.493 e. The van der Waals surface area contributed by atoms with Gasteiger partial charge >= 0.3 is 5.97 Å². The standard InChI is InChI=1S/C25H26BrN3O5/c1-6-8-18-11-17(12-22(32-5)23(18)34-15(3)25(31)33-7-2)14-27-29-16(4)28-21-10-9-19(26)13-20(21)24(29)30/h6,9-15H,1,7-8H2,2-5H3/t15-/m0/s1. The van der Waals surface area contributed by atoms with Gasteiger partial charge in [-0.3, -0.25) is 4.79 Å². The van der Waals surface area contributed by atoms with E-state index in [2.05, 4.69) is 32.6 Å². The highest BCUT2D eigenvalue weighted by molar-refractivity contribution is 9.10. The fourth-order valence-corrected chi connectivity index (χ4v) is 3.72. The molecular formula is C25H26BrN3O5. The van der Waals surface area contributed by atoms with Gasteiger partial charge in [0.1, 0.15) is 5.82 Å². The lowest BCUT2D eigenvalue weighted by molar-refractivity contribution is -0.150. The van der Waals surface area contributed by atoms with Gasteiger partial charge in [-0.15, -0.1) is 6.58 Å². The van der Waals surface area contributed by atoms with Gasteiger partial charge in [0.05, 0.1) is 30.8 Å². The van der Waals surface area contributed by atoms with Crippen LogP contribution in [-0.2, 0) is 16.0 Å². The quantitative estimate of drug-likeness (QED) is 0.232. The summed E-state index contributed by atoms with van der Waals surface area (Å²) in [6, 6.07) is 8.89. The van der Waals surface area contributed by atoms with E-state index >= 15 is 0 Å². The summed E-state index contributed by atoms with van der Waals surface area (Å²) in [4.78, 5) is 29.5. The summed E-state index contributed by atoms with van der Waals surface area (Å²) in [6.45, 7) is 9.13. The molecule has 9 heteroatoms. The molecule has 0 aliphatic heterocycles. The van der Waals surface area contributed by atoms with Crippen molar-refractivity contribution in [1.82, 2.24) is 9.66 Å². The predicted molar refractivity (Wildman–Crippen MR) is 135 cm³/mol. The van der Waals surface area contributed by atoms with Crippen molar-refractivity contribution in [2.75, 3.05) is 13.7 Å². The highest BCUT2D eigenvalue weighted by atomic mass is 79.9. The number of fused-ring (bicyclic) bond motifs is 1. The number of carbonyl (C=O) groups is 1. The number of esters is 1. The summed E-state index contributed by atoms with van der Waals surface area (Å²) in [6.07, 6.45) is 2.92. The molecule has 0 bridgehead atoms. The topological polar surface area (TPSA) is 92.0 Å². The average molecular weight is 528 g/mol. The first-order chi connectivity index (χ1) is 16.3. The Morgan fingerprint density at radius 3 is 2.76 bits per heavy atom. The van der Waals surface area contributed by atoms with Crippen LogP contribution in [0, 0.1) is 6.92 Å². The van der Waals surface area contributed by atoms with Crippen LogP contribution in [0.1, 0.15) is 30.8 Å². The summed E-state index contributed by atoms with van der Waals surface area (Å²) >= 11 is 3.39. The number of hydrogen-bond acceptors (Lipinski definition) is 7. The Morgan fingerprint density at radius 2 is 2.09 bits per heavy atom. The van der Waals surface area contributed by atoms with Gasteiger partial charge in [-0.25, -0.2) is 9.78 Å². The highest BCUT2D eigenvalue weighted by Gasteiger charge is 2.21. The van der Waals surface area contributed by atoms with Crippen molar-refractivity contribution < 1.29 is 19.0 Å². The van der Waals surface area contributed by atoms with Gasteiger partial charge < -0.3 is 14.2 Å². The van der Waals surface area contributed by atoms with Crippen molar-refractivity contribution in [3.05, 3.63) is 74.8 Å². The molecule has 1 aromatic heterocycles. The number of aromatic nitrogens is 2. The molecule has 0 saturated heterocycles.